The predicted octanol–water partition coefficient (Wildman–Crippen LogP) is 2.28. The van der Waals surface area contributed by atoms with E-state index in [0.29, 0.717) is 30.4 Å². The Morgan fingerprint density at radius 3 is 3.04 bits per heavy atom. The fourth-order valence-corrected chi connectivity index (χ4v) is 3.50. The smallest absolute Gasteiger partial charge is 0.343 e. The lowest BCUT2D eigenvalue weighted by Gasteiger charge is -2.13. The van der Waals surface area contributed by atoms with E-state index < -0.39 is 5.25 Å². The number of rotatable bonds is 8. The Hall–Kier alpha value is -2.65. The summed E-state index contributed by atoms with van der Waals surface area (Å²) in [5.41, 5.74) is 1.23. The Morgan fingerprint density at radius 2 is 2.22 bits per heavy atom. The van der Waals surface area contributed by atoms with Gasteiger partial charge in [-0.25, -0.2) is 9.89 Å². The summed E-state index contributed by atoms with van der Waals surface area (Å²) in [6.45, 7) is 2.81. The number of hydrogen-bond acceptors (Lipinski definition) is 6. The van der Waals surface area contributed by atoms with Crippen molar-refractivity contribution in [3.63, 3.8) is 0 Å². The van der Waals surface area contributed by atoms with Crippen molar-refractivity contribution in [1.82, 2.24) is 19.7 Å². The van der Waals surface area contributed by atoms with Gasteiger partial charge >= 0.3 is 5.69 Å². The van der Waals surface area contributed by atoms with Crippen molar-refractivity contribution in [2.45, 2.75) is 30.3 Å². The average molecular weight is 387 g/mol. The van der Waals surface area contributed by atoms with Crippen molar-refractivity contribution < 1.29 is 9.53 Å². The number of nitrogens with zero attached hydrogens (tertiary/aromatic N) is 3. The van der Waals surface area contributed by atoms with Gasteiger partial charge in [-0.1, -0.05) is 17.8 Å². The van der Waals surface area contributed by atoms with E-state index in [-0.39, 0.29) is 11.6 Å². The lowest BCUT2D eigenvalue weighted by molar-refractivity contribution is -0.115. The van der Waals surface area contributed by atoms with E-state index in [1.54, 1.807) is 20.2 Å². The van der Waals surface area contributed by atoms with E-state index in [4.69, 9.17) is 4.74 Å². The Morgan fingerprint density at radius 1 is 1.37 bits per heavy atom. The number of aromatic amines is 1. The maximum absolute atomic E-state index is 12.6. The molecule has 0 aliphatic heterocycles. The first-order valence-electron chi connectivity index (χ1n) is 8.55. The third kappa shape index (κ3) is 4.55. The summed E-state index contributed by atoms with van der Waals surface area (Å²) in [6.07, 6.45) is 2.40. The molecule has 0 radical (unpaired) electrons. The molecule has 3 aromatic rings. The van der Waals surface area contributed by atoms with Gasteiger partial charge in [0.15, 0.2) is 5.16 Å². The quantitative estimate of drug-likeness (QED) is 0.454. The molecule has 1 aromatic carbocycles. The fourth-order valence-electron chi connectivity index (χ4n) is 2.62. The number of ether oxygens (including phenoxy) is 1. The number of benzene rings is 1. The van der Waals surface area contributed by atoms with E-state index in [2.05, 4.69) is 20.5 Å². The summed E-state index contributed by atoms with van der Waals surface area (Å²) >= 11 is 1.23. The van der Waals surface area contributed by atoms with Gasteiger partial charge in [0.05, 0.1) is 16.5 Å². The molecule has 9 heteroatoms. The van der Waals surface area contributed by atoms with Crippen LogP contribution < -0.4 is 11.0 Å². The minimum Gasteiger partial charge on any atom is -0.385 e. The van der Waals surface area contributed by atoms with Crippen LogP contribution in [0.3, 0.4) is 0 Å². The van der Waals surface area contributed by atoms with Gasteiger partial charge in [0.2, 0.25) is 5.91 Å². The first kappa shape index (κ1) is 19.1. The molecule has 3 rings (SSSR count). The number of thioether (sulfide) groups is 1. The van der Waals surface area contributed by atoms with Gasteiger partial charge in [0.1, 0.15) is 0 Å². The number of carbonyl (C=O) groups excluding carboxylic acids is 1. The number of anilines is 1. The Kier molecular flexibility index (Phi) is 6.25. The molecule has 2 aromatic heterocycles. The minimum absolute atomic E-state index is 0.171. The van der Waals surface area contributed by atoms with Gasteiger partial charge in [0.25, 0.3) is 0 Å². The molecule has 8 nitrogen and oxygen atoms in total. The van der Waals surface area contributed by atoms with Crippen LogP contribution in [0.25, 0.3) is 10.9 Å². The van der Waals surface area contributed by atoms with Crippen molar-refractivity contribution in [2.75, 3.05) is 19.0 Å². The summed E-state index contributed by atoms with van der Waals surface area (Å²) in [5, 5.41) is 10.3. The van der Waals surface area contributed by atoms with Crippen LogP contribution in [0.5, 0.6) is 0 Å². The molecule has 0 bridgehead atoms. The van der Waals surface area contributed by atoms with Crippen LogP contribution in [0.4, 0.5) is 5.69 Å². The van der Waals surface area contributed by atoms with Gasteiger partial charge in [-0.3, -0.25) is 14.3 Å². The second-order valence-corrected chi connectivity index (χ2v) is 7.24. The van der Waals surface area contributed by atoms with Crippen molar-refractivity contribution >= 4 is 34.3 Å². The van der Waals surface area contributed by atoms with Crippen LogP contribution in [-0.4, -0.2) is 44.6 Å². The van der Waals surface area contributed by atoms with Gasteiger partial charge in [-0.2, -0.15) is 0 Å². The van der Waals surface area contributed by atoms with Gasteiger partial charge in [0, 0.05) is 31.8 Å². The molecule has 27 heavy (non-hydrogen) atoms. The van der Waals surface area contributed by atoms with Crippen LogP contribution in [0.1, 0.15) is 13.3 Å². The van der Waals surface area contributed by atoms with E-state index in [9.17, 15) is 9.59 Å². The van der Waals surface area contributed by atoms with Gasteiger partial charge in [-0.15, -0.1) is 5.10 Å². The van der Waals surface area contributed by atoms with Gasteiger partial charge < -0.3 is 10.1 Å². The summed E-state index contributed by atoms with van der Waals surface area (Å²) in [7, 11) is 1.61. The highest BCUT2D eigenvalue weighted by molar-refractivity contribution is 8.00. The second kappa shape index (κ2) is 8.83. The van der Waals surface area contributed by atoms with Crippen LogP contribution in [-0.2, 0) is 16.1 Å². The Balaban J connectivity index is 1.70. The van der Waals surface area contributed by atoms with E-state index >= 15 is 0 Å². The largest absolute Gasteiger partial charge is 0.385 e. The molecule has 1 atom stereocenters. The lowest BCUT2D eigenvalue weighted by atomic mass is 10.2. The number of H-pyrrole nitrogens is 1. The summed E-state index contributed by atoms with van der Waals surface area (Å²) in [6, 6.07) is 9.33. The number of aromatic nitrogens is 4. The zero-order valence-corrected chi connectivity index (χ0v) is 16.0. The number of methoxy groups -OCH3 is 1. The molecule has 0 saturated heterocycles. The van der Waals surface area contributed by atoms with Crippen LogP contribution in [0.15, 0.2) is 46.5 Å². The lowest BCUT2D eigenvalue weighted by Crippen LogP contribution is -2.24. The number of carbonyl (C=O) groups is 1. The molecule has 0 fully saturated rings. The molecule has 0 aliphatic carbocycles. The third-order valence-electron chi connectivity index (χ3n) is 4.01. The summed E-state index contributed by atoms with van der Waals surface area (Å²) in [4.78, 5) is 28.8. The zero-order valence-electron chi connectivity index (χ0n) is 15.1. The minimum atomic E-state index is -0.437. The monoisotopic (exact) mass is 387 g/mol. The maximum atomic E-state index is 12.6. The number of hydrogen-bond donors (Lipinski definition) is 2. The number of pyridine rings is 1. The third-order valence-corrected chi connectivity index (χ3v) is 5.10. The molecule has 2 heterocycles. The normalized spacial score (nSPS) is 12.2. The second-order valence-electron chi connectivity index (χ2n) is 5.93. The SMILES string of the molecule is COCCCn1c(S[C@@H](C)C(=O)Nc2cccc3ncccc23)n[nH]c1=O. The molecule has 0 spiro atoms. The molecule has 0 unspecified atom stereocenters. The van der Waals surface area contributed by atoms with Crippen LogP contribution >= 0.6 is 11.8 Å². The molecule has 142 valence electrons. The van der Waals surface area contributed by atoms with Crippen molar-refractivity contribution in [3.8, 4) is 0 Å². The molecule has 0 saturated carbocycles. The van der Waals surface area contributed by atoms with Crippen LogP contribution in [0, 0.1) is 0 Å². The fraction of sp³-hybridized carbons (Fsp3) is 0.333. The Labute approximate surface area is 160 Å². The van der Waals surface area contributed by atoms with E-state index in [1.165, 1.54) is 16.3 Å². The molecule has 0 aliphatic rings. The highest BCUT2D eigenvalue weighted by atomic mass is 32.2. The first-order chi connectivity index (χ1) is 13.1. The Bertz CT molecular complexity index is 979. The topological polar surface area (TPSA) is 102 Å². The van der Waals surface area contributed by atoms with Crippen molar-refractivity contribution in [3.05, 3.63) is 47.0 Å². The van der Waals surface area contributed by atoms with E-state index in [1.807, 2.05) is 30.3 Å². The predicted molar refractivity (Wildman–Crippen MR) is 105 cm³/mol. The molecule has 2 N–H and O–H groups in total. The molecular formula is C18H21N5O3S. The number of amides is 1. The molecule has 1 amide bonds. The van der Waals surface area contributed by atoms with Gasteiger partial charge in [-0.05, 0) is 37.6 Å². The summed E-state index contributed by atoms with van der Waals surface area (Å²) < 4.78 is 6.54. The first-order valence-corrected chi connectivity index (χ1v) is 9.43. The summed E-state index contributed by atoms with van der Waals surface area (Å²) in [5.74, 6) is -0.171. The zero-order chi connectivity index (χ0) is 19.2. The standard InChI is InChI=1S/C18H21N5O3S/c1-12(27-18-22-21-17(25)23(18)10-5-11-26-2)16(24)20-15-8-3-7-14-13(15)6-4-9-19-14/h3-4,6-9,12H,5,10-11H2,1-2H3,(H,20,24)(H,21,25)/t12-/m0/s1. The van der Waals surface area contributed by atoms with Crippen molar-refractivity contribution in [1.29, 1.82) is 0 Å². The maximum Gasteiger partial charge on any atom is 0.343 e. The highest BCUT2D eigenvalue weighted by Gasteiger charge is 2.19. The highest BCUT2D eigenvalue weighted by Crippen LogP contribution is 2.25. The average Bonchev–Trinajstić information content (AvgIpc) is 3.02. The van der Waals surface area contributed by atoms with Crippen LogP contribution in [0.2, 0.25) is 0 Å². The number of nitrogens with one attached hydrogen (secondary N) is 2. The van der Waals surface area contributed by atoms with E-state index in [0.717, 1.165) is 10.9 Å². The van der Waals surface area contributed by atoms with Crippen molar-refractivity contribution in [2.24, 2.45) is 0 Å². The number of fused-ring (bicyclic) bond motifs is 1. The molecular weight excluding hydrogens is 366 g/mol.